The van der Waals surface area contributed by atoms with Gasteiger partial charge in [0, 0.05) is 23.9 Å². The number of amides is 1. The molecule has 0 bridgehead atoms. The highest BCUT2D eigenvalue weighted by Crippen LogP contribution is 2.36. The Morgan fingerprint density at radius 2 is 1.92 bits per heavy atom. The van der Waals surface area contributed by atoms with Crippen LogP contribution in [0.5, 0.6) is 11.5 Å². The summed E-state index contributed by atoms with van der Waals surface area (Å²) in [7, 11) is 1.53. The number of rotatable bonds is 10. The quantitative estimate of drug-likeness (QED) is 0.345. The molecule has 1 aliphatic rings. The van der Waals surface area contributed by atoms with Gasteiger partial charge in [-0.25, -0.2) is 4.79 Å². The topological polar surface area (TPSA) is 117 Å². The molecule has 0 heterocycles. The average Bonchev–Trinajstić information content (AvgIpc) is 2.82. The lowest BCUT2D eigenvalue weighted by atomic mass is 9.75. The van der Waals surface area contributed by atoms with Gasteiger partial charge in [0.1, 0.15) is 23.7 Å². The Morgan fingerprint density at radius 3 is 2.58 bits per heavy atom. The van der Waals surface area contributed by atoms with E-state index in [9.17, 15) is 19.8 Å². The fourth-order valence-electron chi connectivity index (χ4n) is 4.92. The number of nitrogens with one attached hydrogen (secondary N) is 2. The van der Waals surface area contributed by atoms with Crippen molar-refractivity contribution in [1.29, 1.82) is 0 Å². The van der Waals surface area contributed by atoms with Crippen LogP contribution in [0.15, 0.2) is 30.3 Å². The van der Waals surface area contributed by atoms with Gasteiger partial charge in [-0.3, -0.25) is 4.79 Å². The number of carboxylic acids is 1. The maximum atomic E-state index is 12.7. The van der Waals surface area contributed by atoms with Gasteiger partial charge in [0.25, 0.3) is 0 Å². The Morgan fingerprint density at radius 1 is 1.17 bits per heavy atom. The first-order valence-corrected chi connectivity index (χ1v) is 12.5. The van der Waals surface area contributed by atoms with Crippen LogP contribution in [0, 0.1) is 24.7 Å². The molecule has 2 aromatic carbocycles. The van der Waals surface area contributed by atoms with Gasteiger partial charge in [-0.05, 0) is 55.2 Å². The molecule has 3 rings (SSSR count). The molecule has 1 saturated carbocycles. The molecule has 0 radical (unpaired) electrons. The molecule has 0 spiro atoms. The van der Waals surface area contributed by atoms with Gasteiger partial charge in [0.2, 0.25) is 5.91 Å². The third-order valence-corrected chi connectivity index (χ3v) is 7.03. The van der Waals surface area contributed by atoms with Crippen molar-refractivity contribution in [2.75, 3.05) is 24.4 Å². The van der Waals surface area contributed by atoms with Crippen LogP contribution in [0.2, 0.25) is 0 Å². The summed E-state index contributed by atoms with van der Waals surface area (Å²) in [4.78, 5) is 24.0. The molecule has 36 heavy (non-hydrogen) atoms. The van der Waals surface area contributed by atoms with Crippen molar-refractivity contribution in [1.82, 2.24) is 0 Å². The summed E-state index contributed by atoms with van der Waals surface area (Å²) in [6.07, 6.45) is 3.40. The Labute approximate surface area is 213 Å². The van der Waals surface area contributed by atoms with E-state index >= 15 is 0 Å². The second kappa shape index (κ2) is 12.1. The predicted molar refractivity (Wildman–Crippen MR) is 140 cm³/mol. The van der Waals surface area contributed by atoms with Crippen LogP contribution >= 0.6 is 0 Å². The molecule has 3 atom stereocenters. The zero-order valence-electron chi connectivity index (χ0n) is 21.8. The molecule has 1 fully saturated rings. The van der Waals surface area contributed by atoms with E-state index in [1.165, 1.54) is 19.6 Å². The maximum Gasteiger partial charge on any atom is 0.339 e. The van der Waals surface area contributed by atoms with Gasteiger partial charge >= 0.3 is 5.97 Å². The lowest BCUT2D eigenvalue weighted by Crippen LogP contribution is -2.36. The SMILES string of the molecule is COc1cc(NCc2cccc(C(=O)O)c2O)c(C)cc1NC(=O)COC1CC(C)CCC1C(C)C. The number of carbonyl (C=O) groups is 2. The van der Waals surface area contributed by atoms with Gasteiger partial charge in [-0.2, -0.15) is 0 Å². The maximum absolute atomic E-state index is 12.7. The molecular weight excluding hydrogens is 460 g/mol. The normalized spacial score (nSPS) is 19.7. The fraction of sp³-hybridized carbons (Fsp3) is 0.500. The number of methoxy groups -OCH3 is 1. The van der Waals surface area contributed by atoms with E-state index in [-0.39, 0.29) is 36.5 Å². The number of hydrogen-bond acceptors (Lipinski definition) is 6. The van der Waals surface area contributed by atoms with Gasteiger partial charge in [-0.1, -0.05) is 39.3 Å². The Bertz CT molecular complexity index is 1080. The van der Waals surface area contributed by atoms with Crippen molar-refractivity contribution < 1.29 is 29.3 Å². The molecule has 4 N–H and O–H groups in total. The van der Waals surface area contributed by atoms with Crippen molar-refractivity contribution in [3.05, 3.63) is 47.0 Å². The third-order valence-electron chi connectivity index (χ3n) is 7.03. The number of carboxylic acid groups (broad SMARTS) is 1. The van der Waals surface area contributed by atoms with Crippen LogP contribution < -0.4 is 15.4 Å². The number of hydrogen-bond donors (Lipinski definition) is 4. The van der Waals surface area contributed by atoms with E-state index < -0.39 is 5.97 Å². The fourth-order valence-corrected chi connectivity index (χ4v) is 4.92. The number of carbonyl (C=O) groups excluding carboxylic acids is 1. The summed E-state index contributed by atoms with van der Waals surface area (Å²) in [6, 6.07) is 8.18. The number of aromatic hydroxyl groups is 1. The van der Waals surface area contributed by atoms with E-state index in [0.717, 1.165) is 24.1 Å². The van der Waals surface area contributed by atoms with Gasteiger partial charge in [0.05, 0.1) is 18.9 Å². The number of aromatic carboxylic acids is 1. The molecule has 196 valence electrons. The summed E-state index contributed by atoms with van der Waals surface area (Å²) in [5, 5.41) is 25.6. The number of anilines is 2. The van der Waals surface area contributed by atoms with Gasteiger partial charge < -0.3 is 30.3 Å². The highest BCUT2D eigenvalue weighted by molar-refractivity contribution is 5.94. The van der Waals surface area contributed by atoms with E-state index in [1.807, 2.05) is 13.0 Å². The Kier molecular flexibility index (Phi) is 9.20. The monoisotopic (exact) mass is 498 g/mol. The molecule has 0 aromatic heterocycles. The average molecular weight is 499 g/mol. The summed E-state index contributed by atoms with van der Waals surface area (Å²) in [6.45, 7) is 8.75. The number of benzene rings is 2. The van der Waals surface area contributed by atoms with Crippen LogP contribution in [0.25, 0.3) is 0 Å². The van der Waals surface area contributed by atoms with Gasteiger partial charge in [0.15, 0.2) is 0 Å². The molecule has 8 nitrogen and oxygen atoms in total. The van der Waals surface area contributed by atoms with Crippen molar-refractivity contribution in [3.8, 4) is 11.5 Å². The minimum absolute atomic E-state index is 0.0119. The summed E-state index contributed by atoms with van der Waals surface area (Å²) < 4.78 is 11.6. The number of ether oxygens (including phenoxy) is 2. The number of para-hydroxylation sites is 1. The third kappa shape index (κ3) is 6.69. The standard InChI is InChI=1S/C28H38N2O6/c1-16(2)20-10-9-17(3)11-24(20)36-15-26(31)30-23-12-18(4)22(13-25(23)35-5)29-14-19-7-6-8-21(27(19)32)28(33)34/h6-8,12-13,16-17,20,24,29,32H,9-11,14-15H2,1-5H3,(H,30,31)(H,33,34). The number of aryl methyl sites for hydroxylation is 1. The molecule has 2 aromatic rings. The van der Waals surface area contributed by atoms with E-state index in [0.29, 0.717) is 34.8 Å². The first kappa shape index (κ1) is 27.3. The Balaban J connectivity index is 1.65. The Hall–Kier alpha value is -3.26. The molecule has 0 aliphatic heterocycles. The lowest BCUT2D eigenvalue weighted by Gasteiger charge is -2.37. The second-order valence-electron chi connectivity index (χ2n) is 10.1. The van der Waals surface area contributed by atoms with Crippen LogP contribution in [-0.2, 0) is 16.1 Å². The second-order valence-corrected chi connectivity index (χ2v) is 10.1. The van der Waals surface area contributed by atoms with Crippen LogP contribution in [0.1, 0.15) is 61.5 Å². The van der Waals surface area contributed by atoms with Gasteiger partial charge in [-0.15, -0.1) is 0 Å². The largest absolute Gasteiger partial charge is 0.507 e. The van der Waals surface area contributed by atoms with Crippen LogP contribution in [-0.4, -0.2) is 41.9 Å². The van der Waals surface area contributed by atoms with Crippen molar-refractivity contribution >= 4 is 23.3 Å². The van der Waals surface area contributed by atoms with E-state index in [2.05, 4.69) is 31.4 Å². The first-order chi connectivity index (χ1) is 17.1. The number of phenols is 1. The highest BCUT2D eigenvalue weighted by Gasteiger charge is 2.31. The predicted octanol–water partition coefficient (Wildman–Crippen LogP) is 5.44. The summed E-state index contributed by atoms with van der Waals surface area (Å²) in [5.41, 5.74) is 2.44. The molecular formula is C28H38N2O6. The molecule has 1 amide bonds. The summed E-state index contributed by atoms with van der Waals surface area (Å²) in [5.74, 6) is 0.376. The highest BCUT2D eigenvalue weighted by atomic mass is 16.5. The smallest absolute Gasteiger partial charge is 0.339 e. The molecule has 8 heteroatoms. The molecule has 3 unspecified atom stereocenters. The van der Waals surface area contributed by atoms with E-state index in [1.54, 1.807) is 18.2 Å². The lowest BCUT2D eigenvalue weighted by molar-refractivity contribution is -0.126. The molecule has 1 aliphatic carbocycles. The van der Waals surface area contributed by atoms with E-state index in [4.69, 9.17) is 9.47 Å². The molecule has 0 saturated heterocycles. The van der Waals surface area contributed by atoms with Crippen LogP contribution in [0.4, 0.5) is 11.4 Å². The zero-order chi connectivity index (χ0) is 26.4. The first-order valence-electron chi connectivity index (χ1n) is 12.5. The van der Waals surface area contributed by atoms with Crippen LogP contribution in [0.3, 0.4) is 0 Å². The minimum atomic E-state index is -1.19. The zero-order valence-corrected chi connectivity index (χ0v) is 21.8. The van der Waals surface area contributed by atoms with Crippen molar-refractivity contribution in [3.63, 3.8) is 0 Å². The van der Waals surface area contributed by atoms with Crippen molar-refractivity contribution in [2.24, 2.45) is 17.8 Å². The summed E-state index contributed by atoms with van der Waals surface area (Å²) >= 11 is 0. The van der Waals surface area contributed by atoms with Crippen molar-refractivity contribution in [2.45, 2.75) is 59.6 Å². The minimum Gasteiger partial charge on any atom is -0.507 e.